The number of nitrogens with two attached hydrogens (primary N) is 1. The van der Waals surface area contributed by atoms with Gasteiger partial charge in [0.05, 0.1) is 11.3 Å². The molecule has 0 spiro atoms. The molecule has 1 aliphatic rings. The van der Waals surface area contributed by atoms with Crippen molar-refractivity contribution in [2.45, 2.75) is 37.5 Å². The normalized spacial score (nSPS) is 22.4. The number of halogens is 1. The van der Waals surface area contributed by atoms with E-state index in [0.29, 0.717) is 5.25 Å². The van der Waals surface area contributed by atoms with Crippen molar-refractivity contribution in [1.29, 1.82) is 0 Å². The van der Waals surface area contributed by atoms with Gasteiger partial charge in [0.15, 0.2) is 0 Å². The minimum Gasteiger partial charge on any atom is -0.396 e. The molecule has 2 rings (SSSR count). The summed E-state index contributed by atoms with van der Waals surface area (Å²) < 4.78 is 13.3. The quantitative estimate of drug-likeness (QED) is 0.835. The topological polar surface area (TPSA) is 55.1 Å². The van der Waals surface area contributed by atoms with Gasteiger partial charge in [-0.3, -0.25) is 4.79 Å². The van der Waals surface area contributed by atoms with Gasteiger partial charge < -0.3 is 11.1 Å². The Kier molecular flexibility index (Phi) is 4.69. The Morgan fingerprint density at radius 2 is 2.32 bits per heavy atom. The van der Waals surface area contributed by atoms with E-state index in [2.05, 4.69) is 12.2 Å². The van der Waals surface area contributed by atoms with E-state index in [1.807, 2.05) is 11.8 Å². The lowest BCUT2D eigenvalue weighted by Gasteiger charge is -2.14. The minimum atomic E-state index is -0.543. The molecule has 0 aliphatic heterocycles. The predicted molar refractivity (Wildman–Crippen MR) is 77.8 cm³/mol. The highest BCUT2D eigenvalue weighted by Crippen LogP contribution is 2.30. The van der Waals surface area contributed by atoms with Crippen molar-refractivity contribution in [3.63, 3.8) is 0 Å². The number of nitrogen functional groups attached to an aromatic ring is 1. The number of nitrogens with one attached hydrogen (secondary N) is 1. The molecule has 0 saturated heterocycles. The van der Waals surface area contributed by atoms with Crippen molar-refractivity contribution in [1.82, 2.24) is 5.32 Å². The summed E-state index contributed by atoms with van der Waals surface area (Å²) in [6.45, 7) is 2.14. The predicted octanol–water partition coefficient (Wildman–Crippen LogP) is 2.81. The van der Waals surface area contributed by atoms with Gasteiger partial charge in [0.25, 0.3) is 5.91 Å². The number of amides is 1. The second-order valence-corrected chi connectivity index (χ2v) is 6.34. The van der Waals surface area contributed by atoms with E-state index in [1.54, 1.807) is 6.07 Å². The molecule has 1 fully saturated rings. The van der Waals surface area contributed by atoms with Crippen LogP contribution in [0.5, 0.6) is 0 Å². The van der Waals surface area contributed by atoms with Crippen LogP contribution in [0.25, 0.3) is 0 Å². The van der Waals surface area contributed by atoms with Crippen LogP contribution in [0, 0.1) is 5.82 Å². The molecule has 1 aromatic rings. The summed E-state index contributed by atoms with van der Waals surface area (Å²) >= 11 is 1.94. The standard InChI is InChI=1S/C14H19FN2OS/c1-2-19-10-7-6-9(8-10)17-14(18)11-4-3-5-12(15)13(11)16/h3-5,9-10H,2,6-8,16H2,1H3,(H,17,18). The van der Waals surface area contributed by atoms with Crippen molar-refractivity contribution in [2.24, 2.45) is 0 Å². The first-order valence-electron chi connectivity index (χ1n) is 6.58. The van der Waals surface area contributed by atoms with Crippen LogP contribution in [0.3, 0.4) is 0 Å². The van der Waals surface area contributed by atoms with Crippen molar-refractivity contribution in [3.05, 3.63) is 29.6 Å². The Hall–Kier alpha value is -1.23. The molecule has 5 heteroatoms. The molecular weight excluding hydrogens is 263 g/mol. The fraction of sp³-hybridized carbons (Fsp3) is 0.500. The van der Waals surface area contributed by atoms with Crippen LogP contribution in [0.2, 0.25) is 0 Å². The minimum absolute atomic E-state index is 0.0718. The fourth-order valence-corrected chi connectivity index (χ4v) is 3.60. The number of carbonyl (C=O) groups is 1. The lowest BCUT2D eigenvalue weighted by atomic mass is 10.1. The number of para-hydroxylation sites is 1. The molecule has 19 heavy (non-hydrogen) atoms. The zero-order valence-corrected chi connectivity index (χ0v) is 11.8. The first-order valence-corrected chi connectivity index (χ1v) is 7.63. The Balaban J connectivity index is 1.97. The van der Waals surface area contributed by atoms with Crippen LogP contribution < -0.4 is 11.1 Å². The molecule has 1 aliphatic carbocycles. The molecule has 0 aromatic heterocycles. The zero-order valence-electron chi connectivity index (χ0n) is 11.0. The molecule has 0 heterocycles. The van der Waals surface area contributed by atoms with Crippen LogP contribution in [-0.4, -0.2) is 23.0 Å². The van der Waals surface area contributed by atoms with Crippen LogP contribution in [0.4, 0.5) is 10.1 Å². The maximum absolute atomic E-state index is 13.3. The number of carbonyl (C=O) groups excluding carboxylic acids is 1. The lowest BCUT2D eigenvalue weighted by molar-refractivity contribution is 0.0938. The third kappa shape index (κ3) is 3.41. The zero-order chi connectivity index (χ0) is 13.8. The summed E-state index contributed by atoms with van der Waals surface area (Å²) in [6, 6.07) is 4.50. The highest BCUT2D eigenvalue weighted by molar-refractivity contribution is 7.99. The summed E-state index contributed by atoms with van der Waals surface area (Å²) in [5.41, 5.74) is 5.75. The van der Waals surface area contributed by atoms with E-state index >= 15 is 0 Å². The van der Waals surface area contributed by atoms with Gasteiger partial charge in [-0.15, -0.1) is 0 Å². The van der Waals surface area contributed by atoms with Gasteiger partial charge in [0, 0.05) is 11.3 Å². The van der Waals surface area contributed by atoms with Gasteiger partial charge in [-0.1, -0.05) is 13.0 Å². The van der Waals surface area contributed by atoms with Crippen LogP contribution in [0.1, 0.15) is 36.5 Å². The molecule has 0 radical (unpaired) electrons. The Bertz CT molecular complexity index is 467. The number of anilines is 1. The third-order valence-corrected chi connectivity index (χ3v) is 4.65. The molecule has 1 amide bonds. The summed E-state index contributed by atoms with van der Waals surface area (Å²) in [7, 11) is 0. The van der Waals surface area contributed by atoms with Gasteiger partial charge >= 0.3 is 0 Å². The highest BCUT2D eigenvalue weighted by atomic mass is 32.2. The molecule has 104 valence electrons. The van der Waals surface area contributed by atoms with Crippen LogP contribution in [-0.2, 0) is 0 Å². The number of rotatable bonds is 4. The molecular formula is C14H19FN2OS. The second-order valence-electron chi connectivity index (χ2n) is 4.76. The van der Waals surface area contributed by atoms with Crippen LogP contribution in [0.15, 0.2) is 18.2 Å². The van der Waals surface area contributed by atoms with E-state index in [4.69, 9.17) is 5.73 Å². The maximum atomic E-state index is 13.3. The lowest BCUT2D eigenvalue weighted by Crippen LogP contribution is -2.33. The largest absolute Gasteiger partial charge is 0.396 e. The van der Waals surface area contributed by atoms with Gasteiger partial charge in [-0.2, -0.15) is 11.8 Å². The van der Waals surface area contributed by atoms with E-state index in [-0.39, 0.29) is 23.2 Å². The monoisotopic (exact) mass is 282 g/mol. The molecule has 3 N–H and O–H groups in total. The molecule has 1 aromatic carbocycles. The van der Waals surface area contributed by atoms with E-state index in [1.165, 1.54) is 12.1 Å². The van der Waals surface area contributed by atoms with E-state index < -0.39 is 5.82 Å². The Labute approximate surface area is 117 Å². The summed E-state index contributed by atoms with van der Waals surface area (Å²) in [6.07, 6.45) is 3.10. The third-order valence-electron chi connectivity index (χ3n) is 3.42. The van der Waals surface area contributed by atoms with Crippen LogP contribution >= 0.6 is 11.8 Å². The van der Waals surface area contributed by atoms with Gasteiger partial charge in [0.2, 0.25) is 0 Å². The number of benzene rings is 1. The first-order chi connectivity index (χ1) is 9.11. The van der Waals surface area contributed by atoms with Crippen molar-refractivity contribution < 1.29 is 9.18 Å². The van der Waals surface area contributed by atoms with Gasteiger partial charge in [-0.25, -0.2) is 4.39 Å². The average molecular weight is 282 g/mol. The van der Waals surface area contributed by atoms with Crippen molar-refractivity contribution in [3.8, 4) is 0 Å². The van der Waals surface area contributed by atoms with Crippen molar-refractivity contribution in [2.75, 3.05) is 11.5 Å². The smallest absolute Gasteiger partial charge is 0.253 e. The number of hydrogen-bond donors (Lipinski definition) is 2. The summed E-state index contributed by atoms with van der Waals surface area (Å²) in [4.78, 5) is 12.1. The SMILES string of the molecule is CCSC1CCC(NC(=O)c2cccc(F)c2N)C1. The summed E-state index contributed by atoms with van der Waals surface area (Å²) in [5.74, 6) is 0.282. The molecule has 2 unspecified atom stereocenters. The second kappa shape index (κ2) is 6.28. The van der Waals surface area contributed by atoms with Gasteiger partial charge in [-0.05, 0) is 37.1 Å². The first kappa shape index (κ1) is 14.2. The fourth-order valence-electron chi connectivity index (χ4n) is 2.46. The molecule has 0 bridgehead atoms. The maximum Gasteiger partial charge on any atom is 0.253 e. The number of thioether (sulfide) groups is 1. The highest BCUT2D eigenvalue weighted by Gasteiger charge is 2.26. The Morgan fingerprint density at radius 1 is 1.53 bits per heavy atom. The van der Waals surface area contributed by atoms with E-state index in [0.717, 1.165) is 25.0 Å². The van der Waals surface area contributed by atoms with Crippen molar-refractivity contribution >= 4 is 23.4 Å². The Morgan fingerprint density at radius 3 is 3.05 bits per heavy atom. The molecule has 2 atom stereocenters. The molecule has 3 nitrogen and oxygen atoms in total. The molecule has 1 saturated carbocycles. The van der Waals surface area contributed by atoms with E-state index in [9.17, 15) is 9.18 Å². The number of hydrogen-bond acceptors (Lipinski definition) is 3. The average Bonchev–Trinajstić information content (AvgIpc) is 2.80. The van der Waals surface area contributed by atoms with Gasteiger partial charge in [0.1, 0.15) is 5.82 Å². The summed E-state index contributed by atoms with van der Waals surface area (Å²) in [5, 5.41) is 3.58.